The second-order valence-electron chi connectivity index (χ2n) is 4.33. The first kappa shape index (κ1) is 13.0. The first-order valence-corrected chi connectivity index (χ1v) is 6.57. The van der Waals surface area contributed by atoms with E-state index in [2.05, 4.69) is 34.8 Å². The van der Waals surface area contributed by atoms with Crippen LogP contribution in [0, 0.1) is 0 Å². The summed E-state index contributed by atoms with van der Waals surface area (Å²) in [6, 6.07) is 8.03. The molecule has 0 atom stereocenters. The van der Waals surface area contributed by atoms with Gasteiger partial charge in [-0.3, -0.25) is 0 Å². The molecule has 0 aliphatic carbocycles. The van der Waals surface area contributed by atoms with E-state index in [1.807, 2.05) is 35.0 Å². The Hall–Kier alpha value is -1.49. The average molecular weight is 310 g/mol. The van der Waals surface area contributed by atoms with Crippen molar-refractivity contribution in [3.8, 4) is 5.75 Å². The second kappa shape index (κ2) is 5.44. The lowest BCUT2D eigenvalue weighted by atomic mass is 10.3. The number of aromatic nitrogens is 2. The topological polar surface area (TPSA) is 53.1 Å². The highest BCUT2D eigenvalue weighted by molar-refractivity contribution is 9.10. The molecule has 0 aliphatic heterocycles. The zero-order valence-corrected chi connectivity index (χ0v) is 12.0. The summed E-state index contributed by atoms with van der Waals surface area (Å²) in [6.45, 7) is 4.59. The third-order valence-electron chi connectivity index (χ3n) is 2.57. The van der Waals surface area contributed by atoms with E-state index in [-0.39, 0.29) is 0 Å². The SMILES string of the molecule is CC(C)n1cc(N)nc1COc1ccc(Br)cc1. The minimum Gasteiger partial charge on any atom is -0.486 e. The van der Waals surface area contributed by atoms with Crippen LogP contribution in [0.2, 0.25) is 0 Å². The molecule has 96 valence electrons. The van der Waals surface area contributed by atoms with Gasteiger partial charge in [0.1, 0.15) is 24.0 Å². The number of imidazole rings is 1. The summed E-state index contributed by atoms with van der Waals surface area (Å²) in [5.41, 5.74) is 5.71. The van der Waals surface area contributed by atoms with Crippen LogP contribution in [0.4, 0.5) is 5.82 Å². The molecule has 0 unspecified atom stereocenters. The molecule has 2 aromatic rings. The molecular formula is C13H16BrN3O. The number of hydrogen-bond acceptors (Lipinski definition) is 3. The Balaban J connectivity index is 2.08. The van der Waals surface area contributed by atoms with Crippen molar-refractivity contribution < 1.29 is 4.74 Å². The smallest absolute Gasteiger partial charge is 0.149 e. The van der Waals surface area contributed by atoms with Gasteiger partial charge < -0.3 is 15.0 Å². The van der Waals surface area contributed by atoms with Crippen molar-refractivity contribution in [1.82, 2.24) is 9.55 Å². The number of hydrogen-bond donors (Lipinski definition) is 1. The van der Waals surface area contributed by atoms with Crippen LogP contribution >= 0.6 is 15.9 Å². The maximum absolute atomic E-state index is 5.71. The number of benzene rings is 1. The lowest BCUT2D eigenvalue weighted by Gasteiger charge is -2.12. The van der Waals surface area contributed by atoms with E-state index in [9.17, 15) is 0 Å². The van der Waals surface area contributed by atoms with Gasteiger partial charge in [0, 0.05) is 16.7 Å². The maximum atomic E-state index is 5.71. The maximum Gasteiger partial charge on any atom is 0.149 e. The summed E-state index contributed by atoms with van der Waals surface area (Å²) in [4.78, 5) is 4.27. The van der Waals surface area contributed by atoms with Crippen LogP contribution in [0.5, 0.6) is 5.75 Å². The summed E-state index contributed by atoms with van der Waals surface area (Å²) in [5.74, 6) is 2.18. The normalized spacial score (nSPS) is 10.9. The Labute approximate surface area is 115 Å². The average Bonchev–Trinajstić information content (AvgIpc) is 2.70. The molecule has 1 aromatic heterocycles. The van der Waals surface area contributed by atoms with E-state index >= 15 is 0 Å². The molecule has 2 rings (SSSR count). The van der Waals surface area contributed by atoms with Gasteiger partial charge in [-0.05, 0) is 38.1 Å². The molecule has 0 fully saturated rings. The quantitative estimate of drug-likeness (QED) is 0.942. The molecule has 0 saturated heterocycles. The van der Waals surface area contributed by atoms with Crippen LogP contribution in [0.3, 0.4) is 0 Å². The predicted octanol–water partition coefficient (Wildman–Crippen LogP) is 3.39. The Morgan fingerprint density at radius 2 is 2.00 bits per heavy atom. The highest BCUT2D eigenvalue weighted by Crippen LogP contribution is 2.18. The van der Waals surface area contributed by atoms with Gasteiger partial charge in [-0.15, -0.1) is 0 Å². The number of nitrogens with zero attached hydrogens (tertiary/aromatic N) is 2. The fourth-order valence-corrected chi connectivity index (χ4v) is 1.95. The van der Waals surface area contributed by atoms with Crippen LogP contribution in [0.15, 0.2) is 34.9 Å². The minimum atomic E-state index is 0.318. The van der Waals surface area contributed by atoms with Crippen LogP contribution in [0.25, 0.3) is 0 Å². The fraction of sp³-hybridized carbons (Fsp3) is 0.308. The van der Waals surface area contributed by atoms with Gasteiger partial charge in [0.2, 0.25) is 0 Å². The number of rotatable bonds is 4. The summed E-state index contributed by atoms with van der Waals surface area (Å²) in [7, 11) is 0. The zero-order chi connectivity index (χ0) is 13.1. The summed E-state index contributed by atoms with van der Waals surface area (Å²) in [6.07, 6.45) is 1.84. The summed E-state index contributed by atoms with van der Waals surface area (Å²) >= 11 is 3.39. The van der Waals surface area contributed by atoms with Gasteiger partial charge in [0.15, 0.2) is 0 Å². The van der Waals surface area contributed by atoms with Gasteiger partial charge in [-0.2, -0.15) is 0 Å². The van der Waals surface area contributed by atoms with Crippen molar-refractivity contribution >= 4 is 21.7 Å². The molecule has 2 N–H and O–H groups in total. The van der Waals surface area contributed by atoms with E-state index in [1.54, 1.807) is 0 Å². The number of nitrogen functional groups attached to an aromatic ring is 1. The minimum absolute atomic E-state index is 0.318. The second-order valence-corrected chi connectivity index (χ2v) is 5.24. The number of ether oxygens (including phenoxy) is 1. The molecule has 0 spiro atoms. The van der Waals surface area contributed by atoms with E-state index in [0.29, 0.717) is 18.5 Å². The largest absolute Gasteiger partial charge is 0.486 e. The molecule has 4 nitrogen and oxygen atoms in total. The third-order valence-corrected chi connectivity index (χ3v) is 3.09. The highest BCUT2D eigenvalue weighted by atomic mass is 79.9. The van der Waals surface area contributed by atoms with Gasteiger partial charge in [0.05, 0.1) is 0 Å². The Morgan fingerprint density at radius 1 is 1.33 bits per heavy atom. The molecule has 5 heteroatoms. The van der Waals surface area contributed by atoms with Crippen molar-refractivity contribution in [2.24, 2.45) is 0 Å². The molecule has 0 saturated carbocycles. The first-order valence-electron chi connectivity index (χ1n) is 5.78. The molecule has 0 amide bonds. The number of anilines is 1. The summed E-state index contributed by atoms with van der Waals surface area (Å²) in [5, 5.41) is 0. The molecule has 0 radical (unpaired) electrons. The van der Waals surface area contributed by atoms with Gasteiger partial charge in [-0.1, -0.05) is 15.9 Å². The zero-order valence-electron chi connectivity index (χ0n) is 10.4. The number of halogens is 1. The van der Waals surface area contributed by atoms with Gasteiger partial charge >= 0.3 is 0 Å². The number of nitrogens with two attached hydrogens (primary N) is 1. The predicted molar refractivity (Wildman–Crippen MR) is 75.5 cm³/mol. The van der Waals surface area contributed by atoms with Crippen LogP contribution in [-0.4, -0.2) is 9.55 Å². The van der Waals surface area contributed by atoms with Crippen molar-refractivity contribution in [3.63, 3.8) is 0 Å². The third kappa shape index (κ3) is 3.04. The Morgan fingerprint density at radius 3 is 2.61 bits per heavy atom. The Bertz CT molecular complexity index is 520. The van der Waals surface area contributed by atoms with E-state index < -0.39 is 0 Å². The van der Waals surface area contributed by atoms with Gasteiger partial charge in [0.25, 0.3) is 0 Å². The monoisotopic (exact) mass is 309 g/mol. The van der Waals surface area contributed by atoms with Crippen molar-refractivity contribution in [2.45, 2.75) is 26.5 Å². The molecule has 18 heavy (non-hydrogen) atoms. The van der Waals surface area contributed by atoms with E-state index in [1.165, 1.54) is 0 Å². The molecule has 1 aromatic carbocycles. The van der Waals surface area contributed by atoms with Crippen LogP contribution in [0.1, 0.15) is 25.7 Å². The van der Waals surface area contributed by atoms with Gasteiger partial charge in [-0.25, -0.2) is 4.98 Å². The van der Waals surface area contributed by atoms with Crippen molar-refractivity contribution in [2.75, 3.05) is 5.73 Å². The summed E-state index contributed by atoms with van der Waals surface area (Å²) < 4.78 is 8.74. The molecule has 1 heterocycles. The molecular weight excluding hydrogens is 294 g/mol. The standard InChI is InChI=1S/C13H16BrN3O/c1-9(2)17-7-12(15)16-13(17)8-18-11-5-3-10(14)4-6-11/h3-7,9H,8,15H2,1-2H3. The van der Waals surface area contributed by atoms with E-state index in [4.69, 9.17) is 10.5 Å². The lowest BCUT2D eigenvalue weighted by Crippen LogP contribution is -2.08. The van der Waals surface area contributed by atoms with Crippen molar-refractivity contribution in [3.05, 3.63) is 40.8 Å². The van der Waals surface area contributed by atoms with E-state index in [0.717, 1.165) is 16.0 Å². The Kier molecular flexibility index (Phi) is 3.91. The highest BCUT2D eigenvalue weighted by Gasteiger charge is 2.09. The first-order chi connectivity index (χ1) is 8.56. The van der Waals surface area contributed by atoms with Crippen molar-refractivity contribution in [1.29, 1.82) is 0 Å². The van der Waals surface area contributed by atoms with Crippen LogP contribution in [-0.2, 0) is 6.61 Å². The molecule has 0 aliphatic rings. The molecule has 0 bridgehead atoms. The lowest BCUT2D eigenvalue weighted by molar-refractivity contribution is 0.286. The van der Waals surface area contributed by atoms with Crippen LogP contribution < -0.4 is 10.5 Å². The fourth-order valence-electron chi connectivity index (χ4n) is 1.69.